The van der Waals surface area contributed by atoms with Crippen LogP contribution in [0.1, 0.15) is 20.3 Å². The topological polar surface area (TPSA) is 49.4 Å². The molecule has 0 saturated carbocycles. The highest BCUT2D eigenvalue weighted by Crippen LogP contribution is 2.14. The van der Waals surface area contributed by atoms with Crippen LogP contribution in [-0.4, -0.2) is 50.3 Å². The van der Waals surface area contributed by atoms with Crippen molar-refractivity contribution in [2.24, 2.45) is 0 Å². The summed E-state index contributed by atoms with van der Waals surface area (Å²) in [4.78, 5) is 0. The minimum atomic E-state index is -3.27. The Morgan fingerprint density at radius 1 is 1.44 bits per heavy atom. The van der Waals surface area contributed by atoms with Crippen molar-refractivity contribution in [2.75, 3.05) is 25.5 Å². The molecule has 98 valence electrons. The van der Waals surface area contributed by atoms with Gasteiger partial charge in [-0.05, 0) is 20.3 Å². The van der Waals surface area contributed by atoms with E-state index in [4.69, 9.17) is 0 Å². The molecule has 1 saturated heterocycles. The molecule has 2 unspecified atom stereocenters. The molecule has 0 aliphatic carbocycles. The van der Waals surface area contributed by atoms with Crippen molar-refractivity contribution in [3.63, 3.8) is 0 Å². The van der Waals surface area contributed by atoms with Gasteiger partial charge in [-0.2, -0.15) is 4.31 Å². The molecule has 1 rings (SSSR count). The number of hydrogen-bond acceptors (Lipinski definition) is 3. The molecule has 1 fully saturated rings. The molecule has 0 radical (unpaired) electrons. The average molecular weight is 275 g/mol. The van der Waals surface area contributed by atoms with Gasteiger partial charge in [0.1, 0.15) is 0 Å². The number of sulfonamides is 1. The third-order valence-electron chi connectivity index (χ3n) is 2.87. The van der Waals surface area contributed by atoms with Crippen LogP contribution >= 0.6 is 12.4 Å². The van der Waals surface area contributed by atoms with E-state index >= 15 is 0 Å². The first kappa shape index (κ1) is 16.1. The molecule has 0 aromatic carbocycles. The van der Waals surface area contributed by atoms with Gasteiger partial charge in [0.2, 0.25) is 10.0 Å². The highest BCUT2D eigenvalue weighted by Gasteiger charge is 2.32. The Kier molecular flexibility index (Phi) is 6.77. The minimum absolute atomic E-state index is 0. The number of hydrogen-bond donors (Lipinski definition) is 1. The zero-order valence-corrected chi connectivity index (χ0v) is 11.3. The van der Waals surface area contributed by atoms with Crippen LogP contribution in [0.15, 0.2) is 0 Å². The molecule has 1 N–H and O–H groups in total. The van der Waals surface area contributed by atoms with E-state index in [1.165, 1.54) is 4.31 Å². The molecular weight excluding hydrogens is 255 g/mol. The Balaban J connectivity index is 0.00000225. The van der Waals surface area contributed by atoms with Crippen molar-refractivity contribution in [1.29, 1.82) is 0 Å². The van der Waals surface area contributed by atoms with Gasteiger partial charge in [0.05, 0.1) is 12.4 Å². The second-order valence-corrected chi connectivity index (χ2v) is 5.99. The fourth-order valence-electron chi connectivity index (χ4n) is 1.77. The summed E-state index contributed by atoms with van der Waals surface area (Å²) < 4.78 is 37.1. The van der Waals surface area contributed by atoms with Crippen LogP contribution in [0.25, 0.3) is 0 Å². The van der Waals surface area contributed by atoms with E-state index in [1.807, 2.05) is 13.8 Å². The number of halogens is 2. The third kappa shape index (κ3) is 3.84. The summed E-state index contributed by atoms with van der Waals surface area (Å²) in [5.41, 5.74) is 0. The summed E-state index contributed by atoms with van der Waals surface area (Å²) in [6.07, 6.45) is 0.0906. The molecular formula is C9H20ClFN2O2S. The van der Waals surface area contributed by atoms with Gasteiger partial charge in [0.25, 0.3) is 0 Å². The van der Waals surface area contributed by atoms with Crippen LogP contribution < -0.4 is 5.32 Å². The van der Waals surface area contributed by atoms with Crippen molar-refractivity contribution < 1.29 is 12.8 Å². The molecule has 0 aromatic heterocycles. The Labute approximate surface area is 103 Å². The second-order valence-electron chi connectivity index (χ2n) is 3.95. The van der Waals surface area contributed by atoms with Crippen molar-refractivity contribution in [3.8, 4) is 0 Å². The molecule has 1 heterocycles. The van der Waals surface area contributed by atoms with E-state index < -0.39 is 16.7 Å². The molecule has 7 heteroatoms. The lowest BCUT2D eigenvalue weighted by atomic mass is 10.1. The van der Waals surface area contributed by atoms with Crippen LogP contribution in [0.3, 0.4) is 0 Å². The number of piperazine rings is 1. The van der Waals surface area contributed by atoms with Crippen molar-refractivity contribution in [3.05, 3.63) is 0 Å². The van der Waals surface area contributed by atoms with Crippen molar-refractivity contribution >= 4 is 22.4 Å². The SMILES string of the molecule is CC1NCCN(S(=O)(=O)CCCF)C1C.Cl. The maximum absolute atomic E-state index is 12.0. The average Bonchev–Trinajstić information content (AvgIpc) is 2.19. The fourth-order valence-corrected chi connectivity index (χ4v) is 3.54. The zero-order chi connectivity index (χ0) is 11.5. The van der Waals surface area contributed by atoms with Crippen molar-refractivity contribution in [1.82, 2.24) is 9.62 Å². The lowest BCUT2D eigenvalue weighted by Crippen LogP contribution is -2.57. The lowest BCUT2D eigenvalue weighted by molar-refractivity contribution is 0.232. The van der Waals surface area contributed by atoms with Crippen LogP contribution in [-0.2, 0) is 10.0 Å². The van der Waals surface area contributed by atoms with Gasteiger partial charge in [-0.3, -0.25) is 4.39 Å². The van der Waals surface area contributed by atoms with E-state index in [1.54, 1.807) is 0 Å². The monoisotopic (exact) mass is 274 g/mol. The third-order valence-corrected chi connectivity index (χ3v) is 4.90. The molecule has 0 aromatic rings. The minimum Gasteiger partial charge on any atom is -0.311 e. The number of alkyl halides is 1. The number of rotatable bonds is 4. The zero-order valence-electron chi connectivity index (χ0n) is 9.65. The van der Waals surface area contributed by atoms with Gasteiger partial charge in [0, 0.05) is 25.2 Å². The maximum Gasteiger partial charge on any atom is 0.214 e. The van der Waals surface area contributed by atoms with Gasteiger partial charge in [-0.15, -0.1) is 12.4 Å². The maximum atomic E-state index is 12.0. The highest BCUT2D eigenvalue weighted by molar-refractivity contribution is 7.89. The predicted molar refractivity (Wildman–Crippen MR) is 65.3 cm³/mol. The molecule has 16 heavy (non-hydrogen) atoms. The quantitative estimate of drug-likeness (QED) is 0.824. The molecule has 2 atom stereocenters. The molecule has 1 aliphatic rings. The lowest BCUT2D eigenvalue weighted by Gasteiger charge is -2.37. The Hall–Kier alpha value is 0.0900. The molecule has 0 bridgehead atoms. The predicted octanol–water partition coefficient (Wildman–Crippen LogP) is 0.780. The Morgan fingerprint density at radius 2 is 2.06 bits per heavy atom. The molecule has 0 amide bonds. The van der Waals surface area contributed by atoms with E-state index in [-0.39, 0.29) is 36.7 Å². The van der Waals surface area contributed by atoms with Crippen molar-refractivity contribution in [2.45, 2.75) is 32.4 Å². The molecule has 1 aliphatic heterocycles. The van der Waals surface area contributed by atoms with E-state index in [0.29, 0.717) is 13.1 Å². The van der Waals surface area contributed by atoms with Crippen LogP contribution in [0.4, 0.5) is 4.39 Å². The van der Waals surface area contributed by atoms with E-state index in [0.717, 1.165) is 0 Å². The first-order valence-corrected chi connectivity index (χ1v) is 6.89. The van der Waals surface area contributed by atoms with Gasteiger partial charge < -0.3 is 5.32 Å². The summed E-state index contributed by atoms with van der Waals surface area (Å²) in [7, 11) is -3.27. The second kappa shape index (κ2) is 6.74. The van der Waals surface area contributed by atoms with Gasteiger partial charge >= 0.3 is 0 Å². The highest BCUT2D eigenvalue weighted by atomic mass is 35.5. The molecule has 4 nitrogen and oxygen atoms in total. The largest absolute Gasteiger partial charge is 0.311 e. The van der Waals surface area contributed by atoms with Crippen LogP contribution in [0, 0.1) is 0 Å². The normalized spacial score (nSPS) is 27.4. The Morgan fingerprint density at radius 3 is 2.62 bits per heavy atom. The standard InChI is InChI=1S/C9H19FN2O2S.ClH/c1-8-9(2)12(6-5-11-8)15(13,14)7-3-4-10;/h8-9,11H,3-7H2,1-2H3;1H. The fraction of sp³-hybridized carbons (Fsp3) is 1.00. The number of nitrogens with one attached hydrogen (secondary N) is 1. The summed E-state index contributed by atoms with van der Waals surface area (Å²) >= 11 is 0. The summed E-state index contributed by atoms with van der Waals surface area (Å²) in [6, 6.07) is 0.0993. The Bertz CT molecular complexity index is 300. The summed E-state index contributed by atoms with van der Waals surface area (Å²) in [5.74, 6) is -0.0828. The van der Waals surface area contributed by atoms with Gasteiger partial charge in [-0.1, -0.05) is 0 Å². The van der Waals surface area contributed by atoms with E-state index in [9.17, 15) is 12.8 Å². The van der Waals surface area contributed by atoms with Gasteiger partial charge in [0.15, 0.2) is 0 Å². The van der Waals surface area contributed by atoms with Crippen LogP contribution in [0.5, 0.6) is 0 Å². The summed E-state index contributed by atoms with van der Waals surface area (Å²) in [6.45, 7) is 4.42. The molecule has 0 spiro atoms. The first-order chi connectivity index (χ1) is 6.99. The smallest absolute Gasteiger partial charge is 0.214 e. The van der Waals surface area contributed by atoms with Gasteiger partial charge in [-0.25, -0.2) is 8.42 Å². The van der Waals surface area contributed by atoms with E-state index in [2.05, 4.69) is 5.32 Å². The van der Waals surface area contributed by atoms with Crippen LogP contribution in [0.2, 0.25) is 0 Å². The summed E-state index contributed by atoms with van der Waals surface area (Å²) in [5, 5.41) is 3.21. The number of nitrogens with zero attached hydrogens (tertiary/aromatic N) is 1. The first-order valence-electron chi connectivity index (χ1n) is 5.28.